The number of aromatic nitrogens is 1. The maximum absolute atomic E-state index is 4.58. The van der Waals surface area contributed by atoms with Gasteiger partial charge in [-0.25, -0.2) is 0 Å². The molecule has 1 fully saturated rings. The zero-order valence-corrected chi connectivity index (χ0v) is 13.5. The smallest absolute Gasteiger partial charge is 0.0934 e. The van der Waals surface area contributed by atoms with Crippen LogP contribution < -0.4 is 5.32 Å². The van der Waals surface area contributed by atoms with Crippen molar-refractivity contribution in [3.05, 3.63) is 34.9 Å². The van der Waals surface area contributed by atoms with Gasteiger partial charge in [0.1, 0.15) is 0 Å². The van der Waals surface area contributed by atoms with Gasteiger partial charge in [-0.15, -0.1) is 0 Å². The molecule has 2 aromatic rings. The Bertz CT molecular complexity index is 597. The van der Waals surface area contributed by atoms with Gasteiger partial charge >= 0.3 is 0 Å². The van der Waals surface area contributed by atoms with Gasteiger partial charge in [-0.1, -0.05) is 31.9 Å². The van der Waals surface area contributed by atoms with Gasteiger partial charge in [-0.05, 0) is 53.2 Å². The van der Waals surface area contributed by atoms with Crippen LogP contribution in [0.1, 0.15) is 39.0 Å². The van der Waals surface area contributed by atoms with Crippen molar-refractivity contribution in [2.24, 2.45) is 5.92 Å². The summed E-state index contributed by atoms with van der Waals surface area (Å²) in [5, 5.41) is 4.91. The Hall–Kier alpha value is -1.09. The molecule has 0 spiro atoms. The number of nitrogens with zero attached hydrogens (tertiary/aromatic N) is 1. The number of benzene rings is 1. The zero-order valence-electron chi connectivity index (χ0n) is 11.9. The van der Waals surface area contributed by atoms with Crippen LogP contribution in [0.2, 0.25) is 0 Å². The molecule has 0 bridgehead atoms. The number of fused-ring (bicyclic) bond motifs is 1. The number of anilines is 1. The lowest BCUT2D eigenvalue weighted by Crippen LogP contribution is -2.18. The number of para-hydroxylation sites is 1. The highest BCUT2D eigenvalue weighted by molar-refractivity contribution is 9.10. The average molecular weight is 333 g/mol. The summed E-state index contributed by atoms with van der Waals surface area (Å²) in [6, 6.07) is 9.10. The molecule has 0 saturated heterocycles. The van der Waals surface area contributed by atoms with Gasteiger partial charge in [0, 0.05) is 22.1 Å². The summed E-state index contributed by atoms with van der Waals surface area (Å²) in [6.45, 7) is 2.37. The maximum Gasteiger partial charge on any atom is 0.0934 e. The molecule has 0 radical (unpaired) electrons. The Kier molecular flexibility index (Phi) is 4.25. The number of hydrogen-bond donors (Lipinski definition) is 1. The average Bonchev–Trinajstić information content (AvgIpc) is 2.64. The van der Waals surface area contributed by atoms with Gasteiger partial charge in [0.05, 0.1) is 11.2 Å². The molecule has 1 saturated carbocycles. The van der Waals surface area contributed by atoms with Crippen LogP contribution in [0.15, 0.2) is 34.9 Å². The van der Waals surface area contributed by atoms with E-state index in [9.17, 15) is 0 Å². The molecule has 0 aliphatic heterocycles. The van der Waals surface area contributed by atoms with Gasteiger partial charge in [0.15, 0.2) is 0 Å². The van der Waals surface area contributed by atoms with E-state index in [0.717, 1.165) is 15.9 Å². The molecule has 106 valence electrons. The number of pyridine rings is 1. The SMILES string of the molecule is CC1CCCC(Nc2cccc3cc(Br)cnc23)CC1. The Morgan fingerprint density at radius 1 is 1.20 bits per heavy atom. The summed E-state index contributed by atoms with van der Waals surface area (Å²) in [5.41, 5.74) is 2.25. The number of nitrogens with one attached hydrogen (secondary N) is 1. The molecule has 2 unspecified atom stereocenters. The number of hydrogen-bond acceptors (Lipinski definition) is 2. The van der Waals surface area contributed by atoms with Crippen molar-refractivity contribution in [3.8, 4) is 0 Å². The molecular weight excluding hydrogens is 312 g/mol. The monoisotopic (exact) mass is 332 g/mol. The van der Waals surface area contributed by atoms with Crippen molar-refractivity contribution >= 4 is 32.5 Å². The van der Waals surface area contributed by atoms with Crippen LogP contribution in [0.25, 0.3) is 10.9 Å². The number of rotatable bonds is 2. The Labute approximate surface area is 129 Å². The predicted molar refractivity (Wildman–Crippen MR) is 89.1 cm³/mol. The van der Waals surface area contributed by atoms with E-state index in [1.165, 1.54) is 43.2 Å². The van der Waals surface area contributed by atoms with Crippen LogP contribution in [-0.4, -0.2) is 11.0 Å². The molecule has 1 heterocycles. The lowest BCUT2D eigenvalue weighted by atomic mass is 10.0. The molecule has 1 N–H and O–H groups in total. The predicted octanol–water partition coefficient (Wildman–Crippen LogP) is 5.38. The van der Waals surface area contributed by atoms with Crippen LogP contribution >= 0.6 is 15.9 Å². The van der Waals surface area contributed by atoms with Crippen LogP contribution in [0.3, 0.4) is 0 Å². The van der Waals surface area contributed by atoms with Crippen LogP contribution in [0.4, 0.5) is 5.69 Å². The molecule has 3 heteroatoms. The van der Waals surface area contributed by atoms with Crippen molar-refractivity contribution in [1.82, 2.24) is 4.98 Å². The molecule has 1 aromatic carbocycles. The summed E-state index contributed by atoms with van der Waals surface area (Å²) < 4.78 is 1.03. The maximum atomic E-state index is 4.58. The minimum absolute atomic E-state index is 0.594. The first-order chi connectivity index (χ1) is 9.72. The van der Waals surface area contributed by atoms with E-state index in [2.05, 4.69) is 57.4 Å². The molecule has 0 amide bonds. The van der Waals surface area contributed by atoms with Crippen molar-refractivity contribution in [2.45, 2.75) is 45.1 Å². The van der Waals surface area contributed by atoms with E-state index in [1.807, 2.05) is 6.20 Å². The topological polar surface area (TPSA) is 24.9 Å². The molecule has 2 nitrogen and oxygen atoms in total. The van der Waals surface area contributed by atoms with Gasteiger partial charge < -0.3 is 5.32 Å². The molecular formula is C17H21BrN2. The third-order valence-electron chi connectivity index (χ3n) is 4.29. The molecule has 1 aliphatic carbocycles. The third-order valence-corrected chi connectivity index (χ3v) is 4.73. The van der Waals surface area contributed by atoms with E-state index in [0.29, 0.717) is 6.04 Å². The second-order valence-electron chi connectivity index (χ2n) is 5.99. The molecule has 3 rings (SSSR count). The van der Waals surface area contributed by atoms with E-state index < -0.39 is 0 Å². The van der Waals surface area contributed by atoms with Crippen LogP contribution in [0, 0.1) is 5.92 Å². The fourth-order valence-electron chi connectivity index (χ4n) is 3.10. The summed E-state index contributed by atoms with van der Waals surface area (Å²) in [7, 11) is 0. The first kappa shape index (κ1) is 13.9. The summed E-state index contributed by atoms with van der Waals surface area (Å²) >= 11 is 3.49. The second-order valence-corrected chi connectivity index (χ2v) is 6.90. The van der Waals surface area contributed by atoms with E-state index >= 15 is 0 Å². The summed E-state index contributed by atoms with van der Waals surface area (Å²) in [6.07, 6.45) is 8.47. The minimum atomic E-state index is 0.594. The highest BCUT2D eigenvalue weighted by atomic mass is 79.9. The van der Waals surface area contributed by atoms with E-state index in [1.54, 1.807) is 0 Å². The quantitative estimate of drug-likeness (QED) is 0.747. The van der Waals surface area contributed by atoms with Crippen LogP contribution in [-0.2, 0) is 0 Å². The first-order valence-corrected chi connectivity index (χ1v) is 8.32. The van der Waals surface area contributed by atoms with Crippen molar-refractivity contribution in [2.75, 3.05) is 5.32 Å². The molecule has 2 atom stereocenters. The first-order valence-electron chi connectivity index (χ1n) is 7.53. The molecule has 1 aliphatic rings. The Morgan fingerprint density at radius 2 is 2.10 bits per heavy atom. The van der Waals surface area contributed by atoms with E-state index in [-0.39, 0.29) is 0 Å². The lowest BCUT2D eigenvalue weighted by molar-refractivity contribution is 0.502. The van der Waals surface area contributed by atoms with Crippen molar-refractivity contribution < 1.29 is 0 Å². The highest BCUT2D eigenvalue weighted by Gasteiger charge is 2.16. The normalized spacial score (nSPS) is 23.5. The largest absolute Gasteiger partial charge is 0.381 e. The summed E-state index contributed by atoms with van der Waals surface area (Å²) in [5.74, 6) is 0.878. The molecule has 20 heavy (non-hydrogen) atoms. The fourth-order valence-corrected chi connectivity index (χ4v) is 3.45. The van der Waals surface area contributed by atoms with Gasteiger partial charge in [0.25, 0.3) is 0 Å². The summed E-state index contributed by atoms with van der Waals surface area (Å²) in [4.78, 5) is 4.58. The zero-order chi connectivity index (χ0) is 13.9. The molecule has 1 aromatic heterocycles. The van der Waals surface area contributed by atoms with Gasteiger partial charge in [-0.3, -0.25) is 4.98 Å². The second kappa shape index (κ2) is 6.13. The van der Waals surface area contributed by atoms with Gasteiger partial charge in [-0.2, -0.15) is 0 Å². The van der Waals surface area contributed by atoms with Crippen molar-refractivity contribution in [3.63, 3.8) is 0 Å². The Balaban J connectivity index is 1.83. The van der Waals surface area contributed by atoms with Crippen LogP contribution in [0.5, 0.6) is 0 Å². The Morgan fingerprint density at radius 3 is 3.00 bits per heavy atom. The lowest BCUT2D eigenvalue weighted by Gasteiger charge is -2.19. The fraction of sp³-hybridized carbons (Fsp3) is 0.471. The third kappa shape index (κ3) is 3.14. The van der Waals surface area contributed by atoms with Gasteiger partial charge in [0.2, 0.25) is 0 Å². The highest BCUT2D eigenvalue weighted by Crippen LogP contribution is 2.28. The van der Waals surface area contributed by atoms with Crippen molar-refractivity contribution in [1.29, 1.82) is 0 Å². The number of halogens is 1. The standard InChI is InChI=1S/C17H21BrN2/c1-12-4-2-6-15(9-8-12)20-16-7-3-5-13-10-14(18)11-19-17(13)16/h3,5,7,10-12,15,20H,2,4,6,8-9H2,1H3. The minimum Gasteiger partial charge on any atom is -0.381 e. The van der Waals surface area contributed by atoms with E-state index in [4.69, 9.17) is 0 Å².